The molecule has 1 unspecified atom stereocenters. The first-order chi connectivity index (χ1) is 14.2. The van der Waals surface area contributed by atoms with Gasteiger partial charge in [-0.3, -0.25) is 9.48 Å². The molecule has 1 saturated heterocycles. The molecule has 10 nitrogen and oxygen atoms in total. The molecule has 1 aliphatic rings. The largest absolute Gasteiger partial charge is 0.449 e. The van der Waals surface area contributed by atoms with Crippen LogP contribution in [0.3, 0.4) is 0 Å². The van der Waals surface area contributed by atoms with Gasteiger partial charge in [0.05, 0.1) is 29.9 Å². The van der Waals surface area contributed by atoms with Gasteiger partial charge in [0, 0.05) is 32.0 Å². The molecule has 11 heteroatoms. The van der Waals surface area contributed by atoms with E-state index in [0.29, 0.717) is 24.5 Å². The number of nitrogens with one attached hydrogen (secondary N) is 1. The van der Waals surface area contributed by atoms with Crippen LogP contribution in [-0.2, 0) is 31.3 Å². The number of carbonyl (C=O) groups is 2. The van der Waals surface area contributed by atoms with Crippen LogP contribution in [0.5, 0.6) is 0 Å². The number of aryl methyl sites for hydroxylation is 2. The quantitative estimate of drug-likeness (QED) is 0.669. The Labute approximate surface area is 174 Å². The van der Waals surface area contributed by atoms with Gasteiger partial charge < -0.3 is 14.8 Å². The van der Waals surface area contributed by atoms with E-state index in [-0.39, 0.29) is 23.5 Å². The van der Waals surface area contributed by atoms with Crippen LogP contribution in [0.25, 0.3) is 0 Å². The molecule has 1 aromatic heterocycles. The monoisotopic (exact) mass is 436 g/mol. The van der Waals surface area contributed by atoms with E-state index in [1.54, 1.807) is 26.1 Å². The minimum atomic E-state index is -3.72. The second kappa shape index (κ2) is 8.94. The number of ether oxygens (including phenoxy) is 2. The Bertz CT molecular complexity index is 1040. The van der Waals surface area contributed by atoms with Crippen molar-refractivity contribution in [2.24, 2.45) is 7.05 Å². The van der Waals surface area contributed by atoms with Crippen LogP contribution in [-0.4, -0.2) is 66.8 Å². The van der Waals surface area contributed by atoms with Gasteiger partial charge in [-0.25, -0.2) is 13.2 Å². The second-order valence-corrected chi connectivity index (χ2v) is 8.84. The average Bonchev–Trinajstić information content (AvgIpc) is 3.16. The van der Waals surface area contributed by atoms with E-state index in [2.05, 4.69) is 10.4 Å². The van der Waals surface area contributed by atoms with E-state index in [9.17, 15) is 18.0 Å². The number of benzene rings is 1. The van der Waals surface area contributed by atoms with Gasteiger partial charge in [-0.2, -0.15) is 9.40 Å². The minimum absolute atomic E-state index is 0.113. The number of amides is 1. The number of anilines is 1. The van der Waals surface area contributed by atoms with Gasteiger partial charge >= 0.3 is 5.97 Å². The van der Waals surface area contributed by atoms with Crippen LogP contribution in [0.4, 0.5) is 5.69 Å². The molecular formula is C19H24N4O6S. The van der Waals surface area contributed by atoms with Gasteiger partial charge in [0.15, 0.2) is 6.10 Å². The maximum absolute atomic E-state index is 13.0. The SMILES string of the molecule is Cc1ccc(NC(=O)C(C)OC(=O)c2cnn(C)c2)cc1S(=O)(=O)N1CCOCC1. The van der Waals surface area contributed by atoms with Crippen molar-refractivity contribution < 1.29 is 27.5 Å². The van der Waals surface area contributed by atoms with Gasteiger partial charge in [-0.15, -0.1) is 0 Å². The lowest BCUT2D eigenvalue weighted by atomic mass is 10.2. The summed E-state index contributed by atoms with van der Waals surface area (Å²) in [7, 11) is -2.06. The van der Waals surface area contributed by atoms with Crippen LogP contribution in [0.2, 0.25) is 0 Å². The summed E-state index contributed by atoms with van der Waals surface area (Å²) in [5, 5.41) is 6.49. The van der Waals surface area contributed by atoms with Crippen LogP contribution in [0.1, 0.15) is 22.8 Å². The Hall–Kier alpha value is -2.76. The first-order valence-electron chi connectivity index (χ1n) is 9.37. The third-order valence-corrected chi connectivity index (χ3v) is 6.68. The van der Waals surface area contributed by atoms with Crippen LogP contribution in [0, 0.1) is 6.92 Å². The van der Waals surface area contributed by atoms with E-state index in [1.807, 2.05) is 0 Å². The zero-order valence-electron chi connectivity index (χ0n) is 17.0. The molecule has 3 rings (SSSR count). The predicted octanol–water partition coefficient (Wildman–Crippen LogP) is 0.933. The zero-order chi connectivity index (χ0) is 21.9. The molecule has 0 spiro atoms. The van der Waals surface area contributed by atoms with Gasteiger partial charge in [0.2, 0.25) is 10.0 Å². The normalized spacial score (nSPS) is 16.1. The molecule has 1 aliphatic heterocycles. The Morgan fingerprint density at radius 1 is 1.27 bits per heavy atom. The molecule has 2 aromatic rings. The highest BCUT2D eigenvalue weighted by molar-refractivity contribution is 7.89. The van der Waals surface area contributed by atoms with E-state index in [1.165, 1.54) is 34.4 Å². The Morgan fingerprint density at radius 2 is 1.97 bits per heavy atom. The molecule has 1 fully saturated rings. The molecule has 1 atom stereocenters. The smallest absolute Gasteiger partial charge is 0.342 e. The maximum atomic E-state index is 13.0. The van der Waals surface area contributed by atoms with E-state index in [4.69, 9.17) is 9.47 Å². The number of hydrogen-bond donors (Lipinski definition) is 1. The fourth-order valence-electron chi connectivity index (χ4n) is 2.93. The lowest BCUT2D eigenvalue weighted by Gasteiger charge is -2.27. The fraction of sp³-hybridized carbons (Fsp3) is 0.421. The highest BCUT2D eigenvalue weighted by Gasteiger charge is 2.28. The summed E-state index contributed by atoms with van der Waals surface area (Å²) in [6.45, 7) is 4.36. The summed E-state index contributed by atoms with van der Waals surface area (Å²) in [5.74, 6) is -1.25. The van der Waals surface area contributed by atoms with Crippen molar-refractivity contribution in [3.63, 3.8) is 0 Å². The van der Waals surface area contributed by atoms with Crippen molar-refractivity contribution in [3.8, 4) is 0 Å². The second-order valence-electron chi connectivity index (χ2n) is 6.94. The Kier molecular flexibility index (Phi) is 6.54. The van der Waals surface area contributed by atoms with E-state index >= 15 is 0 Å². The molecular weight excluding hydrogens is 412 g/mol. The summed E-state index contributed by atoms with van der Waals surface area (Å²) in [6.07, 6.45) is 1.74. The number of sulfonamides is 1. The Balaban J connectivity index is 1.71. The van der Waals surface area contributed by atoms with Crippen molar-refractivity contribution in [1.82, 2.24) is 14.1 Å². The molecule has 0 aliphatic carbocycles. The molecule has 0 saturated carbocycles. The van der Waals surface area contributed by atoms with E-state index in [0.717, 1.165) is 0 Å². The lowest BCUT2D eigenvalue weighted by molar-refractivity contribution is -0.123. The van der Waals surface area contributed by atoms with Crippen LogP contribution in [0.15, 0.2) is 35.5 Å². The number of morpholine rings is 1. The summed E-state index contributed by atoms with van der Waals surface area (Å²) >= 11 is 0. The molecule has 1 N–H and O–H groups in total. The summed E-state index contributed by atoms with van der Waals surface area (Å²) in [5.41, 5.74) is 1.09. The fourth-order valence-corrected chi connectivity index (χ4v) is 4.59. The molecule has 2 heterocycles. The lowest BCUT2D eigenvalue weighted by Crippen LogP contribution is -2.40. The third-order valence-electron chi connectivity index (χ3n) is 4.64. The van der Waals surface area contributed by atoms with Crippen molar-refractivity contribution in [1.29, 1.82) is 0 Å². The molecule has 162 valence electrons. The zero-order valence-corrected chi connectivity index (χ0v) is 17.8. The third kappa shape index (κ3) is 4.86. The predicted molar refractivity (Wildman–Crippen MR) is 107 cm³/mol. The summed E-state index contributed by atoms with van der Waals surface area (Å²) in [4.78, 5) is 24.6. The van der Waals surface area contributed by atoms with Gasteiger partial charge in [-0.1, -0.05) is 6.07 Å². The van der Waals surface area contributed by atoms with Crippen molar-refractivity contribution in [2.45, 2.75) is 24.8 Å². The molecule has 30 heavy (non-hydrogen) atoms. The van der Waals surface area contributed by atoms with Crippen molar-refractivity contribution in [2.75, 3.05) is 31.6 Å². The van der Waals surface area contributed by atoms with Crippen molar-refractivity contribution >= 4 is 27.6 Å². The average molecular weight is 436 g/mol. The summed E-state index contributed by atoms with van der Waals surface area (Å²) in [6, 6.07) is 4.63. The highest BCUT2D eigenvalue weighted by Crippen LogP contribution is 2.24. The molecule has 0 radical (unpaired) electrons. The number of carbonyl (C=O) groups excluding carboxylic acids is 2. The first kappa shape index (κ1) is 21.9. The van der Waals surface area contributed by atoms with Gasteiger partial charge in [-0.05, 0) is 31.5 Å². The van der Waals surface area contributed by atoms with Crippen LogP contribution < -0.4 is 5.32 Å². The number of hydrogen-bond acceptors (Lipinski definition) is 7. The van der Waals surface area contributed by atoms with Gasteiger partial charge in [0.25, 0.3) is 5.91 Å². The standard InChI is InChI=1S/C19H24N4O6S/c1-13-4-5-16(10-17(13)30(26,27)23-6-8-28-9-7-23)21-18(24)14(2)29-19(25)15-11-20-22(3)12-15/h4-5,10-12,14H,6-9H2,1-3H3,(H,21,24). The van der Waals surface area contributed by atoms with Gasteiger partial charge in [0.1, 0.15) is 0 Å². The molecule has 0 bridgehead atoms. The number of esters is 1. The molecule has 1 amide bonds. The Morgan fingerprint density at radius 3 is 2.60 bits per heavy atom. The highest BCUT2D eigenvalue weighted by atomic mass is 32.2. The summed E-state index contributed by atoms with van der Waals surface area (Å²) < 4.78 is 39.1. The van der Waals surface area contributed by atoms with Crippen molar-refractivity contribution in [3.05, 3.63) is 41.7 Å². The first-order valence-corrected chi connectivity index (χ1v) is 10.8. The van der Waals surface area contributed by atoms with E-state index < -0.39 is 28.0 Å². The van der Waals surface area contributed by atoms with Crippen LogP contribution >= 0.6 is 0 Å². The minimum Gasteiger partial charge on any atom is -0.449 e. The topological polar surface area (TPSA) is 120 Å². The molecule has 1 aromatic carbocycles. The number of nitrogens with zero attached hydrogens (tertiary/aromatic N) is 3. The number of aromatic nitrogens is 2. The number of rotatable bonds is 6. The maximum Gasteiger partial charge on any atom is 0.342 e.